The molecule has 92 valence electrons. The largest absolute Gasteiger partial charge is 0.481 e. The van der Waals surface area contributed by atoms with Crippen LogP contribution in [0.1, 0.15) is 29.5 Å². The summed E-state index contributed by atoms with van der Waals surface area (Å²) in [6, 6.07) is 11.2. The first-order valence-electron chi connectivity index (χ1n) is 5.94. The predicted octanol–water partition coefficient (Wildman–Crippen LogP) is 2.86. The van der Waals surface area contributed by atoms with E-state index in [1.165, 1.54) is 5.56 Å². The molecule has 2 rings (SSSR count). The zero-order valence-electron chi connectivity index (χ0n) is 10.2. The highest BCUT2D eigenvalue weighted by Crippen LogP contribution is 2.24. The molecule has 1 aromatic carbocycles. The number of carbonyl (C=O) groups is 1. The highest BCUT2D eigenvalue weighted by molar-refractivity contribution is 5.80. The third-order valence-corrected chi connectivity index (χ3v) is 3.01. The molecule has 0 aliphatic rings. The summed E-state index contributed by atoms with van der Waals surface area (Å²) in [4.78, 5) is 15.3. The Balaban J connectivity index is 2.39. The molecule has 2 aromatic rings. The van der Waals surface area contributed by atoms with Crippen LogP contribution in [0.15, 0.2) is 48.8 Å². The van der Waals surface area contributed by atoms with E-state index in [1.807, 2.05) is 24.3 Å². The highest BCUT2D eigenvalue weighted by Gasteiger charge is 2.21. The molecule has 0 saturated carbocycles. The number of hydrogen-bond donors (Lipinski definition) is 1. The summed E-state index contributed by atoms with van der Waals surface area (Å²) in [6.07, 6.45) is 4.19. The van der Waals surface area contributed by atoms with Crippen LogP contribution in [0.4, 0.5) is 0 Å². The quantitative estimate of drug-likeness (QED) is 0.895. The number of aromatic nitrogens is 1. The first kappa shape index (κ1) is 12.3. The number of carboxylic acids is 1. The Morgan fingerprint density at radius 3 is 2.17 bits per heavy atom. The summed E-state index contributed by atoms with van der Waals surface area (Å²) in [6.45, 7) is 2.08. The number of benzene rings is 1. The van der Waals surface area contributed by atoms with E-state index in [9.17, 15) is 9.90 Å². The zero-order chi connectivity index (χ0) is 13.0. The molecule has 1 atom stereocenters. The van der Waals surface area contributed by atoms with Gasteiger partial charge in [-0.25, -0.2) is 0 Å². The fourth-order valence-electron chi connectivity index (χ4n) is 1.98. The molecule has 0 radical (unpaired) electrons. The minimum absolute atomic E-state index is 0.626. The maximum Gasteiger partial charge on any atom is 0.315 e. The van der Waals surface area contributed by atoms with Crippen molar-refractivity contribution in [2.75, 3.05) is 0 Å². The van der Waals surface area contributed by atoms with E-state index in [0.29, 0.717) is 0 Å². The molecule has 1 N–H and O–H groups in total. The van der Waals surface area contributed by atoms with Crippen molar-refractivity contribution in [1.82, 2.24) is 4.98 Å². The molecule has 1 unspecified atom stereocenters. The van der Waals surface area contributed by atoms with Crippen molar-refractivity contribution >= 4 is 5.97 Å². The molecule has 18 heavy (non-hydrogen) atoms. The molecule has 0 saturated heterocycles. The summed E-state index contributed by atoms with van der Waals surface area (Å²) in [7, 11) is 0. The van der Waals surface area contributed by atoms with Gasteiger partial charge in [-0.05, 0) is 35.2 Å². The van der Waals surface area contributed by atoms with Gasteiger partial charge in [0.25, 0.3) is 0 Å². The average Bonchev–Trinajstić information content (AvgIpc) is 2.40. The minimum Gasteiger partial charge on any atom is -0.481 e. The van der Waals surface area contributed by atoms with Crippen LogP contribution in [0, 0.1) is 0 Å². The van der Waals surface area contributed by atoms with Gasteiger partial charge < -0.3 is 5.11 Å². The molecule has 0 aliphatic heterocycles. The lowest BCUT2D eigenvalue weighted by Crippen LogP contribution is -2.13. The van der Waals surface area contributed by atoms with E-state index in [-0.39, 0.29) is 0 Å². The van der Waals surface area contributed by atoms with Crippen molar-refractivity contribution in [3.63, 3.8) is 0 Å². The van der Waals surface area contributed by atoms with Crippen LogP contribution in [0.25, 0.3) is 0 Å². The van der Waals surface area contributed by atoms with Gasteiger partial charge in [0.05, 0.1) is 0 Å². The van der Waals surface area contributed by atoms with Crippen LogP contribution in [0.2, 0.25) is 0 Å². The summed E-state index contributed by atoms with van der Waals surface area (Å²) >= 11 is 0. The lowest BCUT2D eigenvalue weighted by molar-refractivity contribution is -0.137. The third-order valence-electron chi connectivity index (χ3n) is 3.01. The van der Waals surface area contributed by atoms with E-state index in [4.69, 9.17) is 0 Å². The van der Waals surface area contributed by atoms with Gasteiger partial charge in [0.1, 0.15) is 5.92 Å². The summed E-state index contributed by atoms with van der Waals surface area (Å²) in [5.74, 6) is -1.47. The Bertz CT molecular complexity index is 520. The second-order valence-electron chi connectivity index (χ2n) is 4.15. The molecule has 0 bridgehead atoms. The zero-order valence-corrected chi connectivity index (χ0v) is 10.2. The van der Waals surface area contributed by atoms with Gasteiger partial charge >= 0.3 is 5.97 Å². The van der Waals surface area contributed by atoms with Crippen molar-refractivity contribution in [2.45, 2.75) is 19.3 Å². The van der Waals surface area contributed by atoms with E-state index in [1.54, 1.807) is 24.5 Å². The lowest BCUT2D eigenvalue weighted by Gasteiger charge is -2.13. The van der Waals surface area contributed by atoms with Crippen LogP contribution >= 0.6 is 0 Å². The molecule has 0 aliphatic carbocycles. The number of pyridine rings is 1. The van der Waals surface area contributed by atoms with Crippen LogP contribution in [0.3, 0.4) is 0 Å². The number of carboxylic acid groups (broad SMARTS) is 1. The van der Waals surface area contributed by atoms with Crippen molar-refractivity contribution in [2.24, 2.45) is 0 Å². The van der Waals surface area contributed by atoms with E-state index >= 15 is 0 Å². The maximum absolute atomic E-state index is 11.4. The normalized spacial score (nSPS) is 12.1. The van der Waals surface area contributed by atoms with Crippen LogP contribution in [0.5, 0.6) is 0 Å². The first-order valence-corrected chi connectivity index (χ1v) is 5.94. The van der Waals surface area contributed by atoms with Gasteiger partial charge in [-0.1, -0.05) is 31.2 Å². The Kier molecular flexibility index (Phi) is 3.72. The van der Waals surface area contributed by atoms with Crippen molar-refractivity contribution in [3.05, 3.63) is 65.5 Å². The summed E-state index contributed by atoms with van der Waals surface area (Å²) in [5.41, 5.74) is 2.75. The number of rotatable bonds is 4. The summed E-state index contributed by atoms with van der Waals surface area (Å²) < 4.78 is 0. The number of aliphatic carboxylic acids is 1. The van der Waals surface area contributed by atoms with E-state index in [2.05, 4.69) is 11.9 Å². The topological polar surface area (TPSA) is 50.2 Å². The smallest absolute Gasteiger partial charge is 0.315 e. The van der Waals surface area contributed by atoms with Crippen molar-refractivity contribution in [1.29, 1.82) is 0 Å². The predicted molar refractivity (Wildman–Crippen MR) is 69.5 cm³/mol. The SMILES string of the molecule is CCc1ccc(C(C(=O)O)c2ccncc2)cc1. The highest BCUT2D eigenvalue weighted by atomic mass is 16.4. The Labute approximate surface area is 106 Å². The standard InChI is InChI=1S/C15H15NO2/c1-2-11-3-5-12(6-4-11)14(15(17)18)13-7-9-16-10-8-13/h3-10,14H,2H2,1H3,(H,17,18). The van der Waals surface area contributed by atoms with Crippen LogP contribution in [-0.4, -0.2) is 16.1 Å². The monoisotopic (exact) mass is 241 g/mol. The molecule has 0 fully saturated rings. The van der Waals surface area contributed by atoms with Gasteiger partial charge in [-0.15, -0.1) is 0 Å². The molecule has 1 heterocycles. The maximum atomic E-state index is 11.4. The van der Waals surface area contributed by atoms with E-state index in [0.717, 1.165) is 17.5 Å². The van der Waals surface area contributed by atoms with Gasteiger partial charge in [0.2, 0.25) is 0 Å². The Hall–Kier alpha value is -2.16. The summed E-state index contributed by atoms with van der Waals surface area (Å²) in [5, 5.41) is 9.39. The van der Waals surface area contributed by atoms with Gasteiger partial charge in [0, 0.05) is 12.4 Å². The molecule has 3 nitrogen and oxygen atoms in total. The second kappa shape index (κ2) is 5.45. The Morgan fingerprint density at radius 1 is 1.11 bits per heavy atom. The molecule has 0 amide bonds. The molecule has 0 spiro atoms. The molecular formula is C15H15NO2. The number of hydrogen-bond acceptors (Lipinski definition) is 2. The molecule has 1 aromatic heterocycles. The molecule has 3 heteroatoms. The van der Waals surface area contributed by atoms with Crippen molar-refractivity contribution < 1.29 is 9.90 Å². The average molecular weight is 241 g/mol. The van der Waals surface area contributed by atoms with Gasteiger partial charge in [-0.3, -0.25) is 9.78 Å². The number of aryl methyl sites for hydroxylation is 1. The van der Waals surface area contributed by atoms with Gasteiger partial charge in [-0.2, -0.15) is 0 Å². The van der Waals surface area contributed by atoms with E-state index < -0.39 is 11.9 Å². The third kappa shape index (κ3) is 2.56. The lowest BCUT2D eigenvalue weighted by atomic mass is 9.91. The molecular weight excluding hydrogens is 226 g/mol. The second-order valence-corrected chi connectivity index (χ2v) is 4.15. The van der Waals surface area contributed by atoms with Crippen LogP contribution < -0.4 is 0 Å². The van der Waals surface area contributed by atoms with Crippen LogP contribution in [-0.2, 0) is 11.2 Å². The minimum atomic E-state index is -0.842. The fourth-order valence-corrected chi connectivity index (χ4v) is 1.98. The fraction of sp³-hybridized carbons (Fsp3) is 0.200. The number of nitrogens with zero attached hydrogens (tertiary/aromatic N) is 1. The Morgan fingerprint density at radius 2 is 1.67 bits per heavy atom. The van der Waals surface area contributed by atoms with Crippen molar-refractivity contribution in [3.8, 4) is 0 Å². The first-order chi connectivity index (χ1) is 8.72. The van der Waals surface area contributed by atoms with Gasteiger partial charge in [0.15, 0.2) is 0 Å².